The Morgan fingerprint density at radius 2 is 2.16 bits per heavy atom. The van der Waals surface area contributed by atoms with Crippen molar-refractivity contribution in [3.8, 4) is 0 Å². The Bertz CT molecular complexity index is 460. The number of anilines is 1. The number of aryl methyl sites for hydroxylation is 1. The molecular formula is C16H24N2O. The molecular weight excluding hydrogens is 236 g/mol. The number of carbonyl (C=O) groups excluding carboxylic acids is 1. The van der Waals surface area contributed by atoms with Gasteiger partial charge in [-0.05, 0) is 29.4 Å². The highest BCUT2D eigenvalue weighted by Gasteiger charge is 2.17. The zero-order chi connectivity index (χ0) is 13.9. The fraction of sp³-hybridized carbons (Fsp3) is 0.562. The van der Waals surface area contributed by atoms with Crippen molar-refractivity contribution in [2.24, 2.45) is 5.41 Å². The minimum Gasteiger partial charge on any atom is -0.385 e. The number of para-hydroxylation sites is 1. The molecule has 1 heterocycles. The Morgan fingerprint density at radius 3 is 2.89 bits per heavy atom. The van der Waals surface area contributed by atoms with Crippen LogP contribution in [-0.2, 0) is 17.8 Å². The molecule has 0 aromatic heterocycles. The number of hydrogen-bond donors (Lipinski definition) is 2. The van der Waals surface area contributed by atoms with E-state index in [-0.39, 0.29) is 11.3 Å². The summed E-state index contributed by atoms with van der Waals surface area (Å²) in [4.78, 5) is 11.9. The number of benzene rings is 1. The monoisotopic (exact) mass is 260 g/mol. The van der Waals surface area contributed by atoms with E-state index in [2.05, 4.69) is 49.6 Å². The second-order valence-corrected chi connectivity index (χ2v) is 6.50. The van der Waals surface area contributed by atoms with Gasteiger partial charge in [-0.15, -0.1) is 0 Å². The van der Waals surface area contributed by atoms with Crippen molar-refractivity contribution < 1.29 is 4.79 Å². The third-order valence-electron chi connectivity index (χ3n) is 3.33. The van der Waals surface area contributed by atoms with Crippen molar-refractivity contribution in [1.29, 1.82) is 0 Å². The minimum atomic E-state index is 0.0401. The molecule has 0 unspecified atom stereocenters. The molecule has 0 fully saturated rings. The fourth-order valence-electron chi connectivity index (χ4n) is 2.47. The number of rotatable bonds is 3. The Hall–Kier alpha value is -1.51. The van der Waals surface area contributed by atoms with Crippen LogP contribution in [0.2, 0.25) is 0 Å². The Balaban J connectivity index is 1.98. The maximum absolute atomic E-state index is 11.9. The molecule has 0 bridgehead atoms. The number of hydrogen-bond acceptors (Lipinski definition) is 2. The maximum Gasteiger partial charge on any atom is 0.220 e. The molecule has 1 amide bonds. The molecule has 1 aliphatic heterocycles. The molecule has 19 heavy (non-hydrogen) atoms. The maximum atomic E-state index is 11.9. The summed E-state index contributed by atoms with van der Waals surface area (Å²) >= 11 is 0. The van der Waals surface area contributed by atoms with Crippen LogP contribution in [0.15, 0.2) is 18.2 Å². The standard InChI is InChI=1S/C16H24N2O/c1-16(2,3)10-14(19)18-11-13-7-4-6-12-8-5-9-17-15(12)13/h4,6-7,17H,5,8-11H2,1-3H3,(H,18,19). The first kappa shape index (κ1) is 13.9. The Labute approximate surface area is 115 Å². The van der Waals surface area contributed by atoms with E-state index in [9.17, 15) is 4.79 Å². The van der Waals surface area contributed by atoms with Gasteiger partial charge in [-0.1, -0.05) is 39.0 Å². The lowest BCUT2D eigenvalue weighted by Gasteiger charge is -2.22. The van der Waals surface area contributed by atoms with Crippen LogP contribution in [0.1, 0.15) is 44.7 Å². The topological polar surface area (TPSA) is 41.1 Å². The molecule has 1 aromatic rings. The van der Waals surface area contributed by atoms with Gasteiger partial charge >= 0.3 is 0 Å². The van der Waals surface area contributed by atoms with Crippen molar-refractivity contribution >= 4 is 11.6 Å². The lowest BCUT2D eigenvalue weighted by molar-refractivity contribution is -0.122. The van der Waals surface area contributed by atoms with Gasteiger partial charge in [0, 0.05) is 25.2 Å². The highest BCUT2D eigenvalue weighted by molar-refractivity contribution is 5.76. The van der Waals surface area contributed by atoms with Crippen molar-refractivity contribution in [3.63, 3.8) is 0 Å². The van der Waals surface area contributed by atoms with Gasteiger partial charge < -0.3 is 10.6 Å². The van der Waals surface area contributed by atoms with Crippen LogP contribution in [0.4, 0.5) is 5.69 Å². The van der Waals surface area contributed by atoms with Crippen LogP contribution in [0.25, 0.3) is 0 Å². The third kappa shape index (κ3) is 3.98. The lowest BCUT2D eigenvalue weighted by Crippen LogP contribution is -2.27. The molecule has 3 heteroatoms. The summed E-state index contributed by atoms with van der Waals surface area (Å²) < 4.78 is 0. The summed E-state index contributed by atoms with van der Waals surface area (Å²) in [5, 5.41) is 6.48. The van der Waals surface area contributed by atoms with Crippen molar-refractivity contribution in [2.45, 2.75) is 46.6 Å². The second-order valence-electron chi connectivity index (χ2n) is 6.50. The Morgan fingerprint density at radius 1 is 1.37 bits per heavy atom. The van der Waals surface area contributed by atoms with E-state index in [4.69, 9.17) is 0 Å². The van der Waals surface area contributed by atoms with Crippen LogP contribution in [0, 0.1) is 5.41 Å². The van der Waals surface area contributed by atoms with Crippen LogP contribution in [0.3, 0.4) is 0 Å². The lowest BCUT2D eigenvalue weighted by atomic mass is 9.92. The first-order valence-electron chi connectivity index (χ1n) is 7.07. The molecule has 0 aliphatic carbocycles. The van der Waals surface area contributed by atoms with Gasteiger partial charge in [-0.2, -0.15) is 0 Å². The van der Waals surface area contributed by atoms with Gasteiger partial charge in [0.1, 0.15) is 0 Å². The Kier molecular flexibility index (Phi) is 4.13. The van der Waals surface area contributed by atoms with Gasteiger partial charge in [-0.3, -0.25) is 4.79 Å². The summed E-state index contributed by atoms with van der Waals surface area (Å²) in [5.74, 6) is 0.126. The molecule has 0 spiro atoms. The first-order valence-corrected chi connectivity index (χ1v) is 7.07. The summed E-state index contributed by atoms with van der Waals surface area (Å²) in [6.07, 6.45) is 2.88. The van der Waals surface area contributed by atoms with E-state index in [0.29, 0.717) is 13.0 Å². The largest absolute Gasteiger partial charge is 0.385 e. The van der Waals surface area contributed by atoms with E-state index in [1.165, 1.54) is 23.2 Å². The zero-order valence-corrected chi connectivity index (χ0v) is 12.2. The van der Waals surface area contributed by atoms with E-state index < -0.39 is 0 Å². The smallest absolute Gasteiger partial charge is 0.220 e. The number of carbonyl (C=O) groups is 1. The van der Waals surface area contributed by atoms with Gasteiger partial charge in [0.05, 0.1) is 0 Å². The summed E-state index contributed by atoms with van der Waals surface area (Å²) in [6, 6.07) is 6.34. The summed E-state index contributed by atoms with van der Waals surface area (Å²) in [6.45, 7) is 7.89. The summed E-state index contributed by atoms with van der Waals surface area (Å²) in [7, 11) is 0. The average Bonchev–Trinajstić information content (AvgIpc) is 2.34. The first-order chi connectivity index (χ1) is 8.96. The fourth-order valence-corrected chi connectivity index (χ4v) is 2.47. The van der Waals surface area contributed by atoms with Crippen LogP contribution in [0.5, 0.6) is 0 Å². The highest BCUT2D eigenvalue weighted by atomic mass is 16.1. The molecule has 0 saturated heterocycles. The van der Waals surface area contributed by atoms with Gasteiger partial charge in [-0.25, -0.2) is 0 Å². The van der Waals surface area contributed by atoms with E-state index >= 15 is 0 Å². The molecule has 2 N–H and O–H groups in total. The molecule has 3 nitrogen and oxygen atoms in total. The number of amides is 1. The molecule has 0 atom stereocenters. The van der Waals surface area contributed by atoms with Gasteiger partial charge in [0.2, 0.25) is 5.91 Å². The SMILES string of the molecule is CC(C)(C)CC(=O)NCc1cccc2c1NCCC2. The predicted molar refractivity (Wildman–Crippen MR) is 79.2 cm³/mol. The molecule has 1 aliphatic rings. The third-order valence-corrected chi connectivity index (χ3v) is 3.33. The molecule has 1 aromatic carbocycles. The van der Waals surface area contributed by atoms with Gasteiger partial charge in [0.25, 0.3) is 0 Å². The summed E-state index contributed by atoms with van der Waals surface area (Å²) in [5.41, 5.74) is 3.83. The number of nitrogens with one attached hydrogen (secondary N) is 2. The molecule has 0 saturated carbocycles. The second kappa shape index (κ2) is 5.64. The number of fused-ring (bicyclic) bond motifs is 1. The van der Waals surface area contributed by atoms with E-state index in [0.717, 1.165) is 13.0 Å². The van der Waals surface area contributed by atoms with Crippen LogP contribution < -0.4 is 10.6 Å². The normalized spacial score (nSPS) is 14.5. The van der Waals surface area contributed by atoms with Crippen molar-refractivity contribution in [3.05, 3.63) is 29.3 Å². The highest BCUT2D eigenvalue weighted by Crippen LogP contribution is 2.26. The van der Waals surface area contributed by atoms with Gasteiger partial charge in [0.15, 0.2) is 0 Å². The minimum absolute atomic E-state index is 0.0401. The predicted octanol–water partition coefficient (Wildman–Crippen LogP) is 3.10. The van der Waals surface area contributed by atoms with Crippen molar-refractivity contribution in [1.82, 2.24) is 5.32 Å². The van der Waals surface area contributed by atoms with Crippen molar-refractivity contribution in [2.75, 3.05) is 11.9 Å². The molecule has 104 valence electrons. The van der Waals surface area contributed by atoms with E-state index in [1.807, 2.05) is 0 Å². The molecule has 0 radical (unpaired) electrons. The average molecular weight is 260 g/mol. The van der Waals surface area contributed by atoms with Crippen LogP contribution in [-0.4, -0.2) is 12.5 Å². The van der Waals surface area contributed by atoms with Crippen LogP contribution >= 0.6 is 0 Å². The van der Waals surface area contributed by atoms with E-state index in [1.54, 1.807) is 0 Å². The zero-order valence-electron chi connectivity index (χ0n) is 12.2. The molecule has 2 rings (SSSR count). The quantitative estimate of drug-likeness (QED) is 0.877.